The van der Waals surface area contributed by atoms with Crippen molar-refractivity contribution in [3.63, 3.8) is 0 Å². The quantitative estimate of drug-likeness (QED) is 0.303. The van der Waals surface area contributed by atoms with Crippen LogP contribution in [-0.2, 0) is 0 Å². The Bertz CT molecular complexity index is 1640. The van der Waals surface area contributed by atoms with Gasteiger partial charge in [-0.15, -0.1) is 0 Å². The van der Waals surface area contributed by atoms with E-state index in [1.165, 1.54) is 21.5 Å². The second-order valence-corrected chi connectivity index (χ2v) is 7.91. The zero-order chi connectivity index (χ0) is 20.4. The van der Waals surface area contributed by atoms with Crippen molar-refractivity contribution in [3.8, 4) is 34.1 Å². The fraction of sp³-hybridized carbons (Fsp3) is 0. The van der Waals surface area contributed by atoms with Crippen LogP contribution in [0.5, 0.6) is 23.0 Å². The standard InChI is InChI=1S/C28H17NO2/c1-2-6-20-17(5-1)9-13-23-28(20)21-15-18(10-12-22(21)29-23)19-11-14-26-27(16-19)31-25-8-4-3-7-24(25)30-26/h1-16,29H. The molecule has 0 amide bonds. The SMILES string of the molecule is c1ccc2c(c1)Oc1ccc(-c3ccc4[nH]c5ccc6ccccc6c5c4c3)cc1O2. The maximum atomic E-state index is 6.11. The lowest BCUT2D eigenvalue weighted by molar-refractivity contribution is 0.360. The van der Waals surface area contributed by atoms with E-state index in [-0.39, 0.29) is 0 Å². The summed E-state index contributed by atoms with van der Waals surface area (Å²) < 4.78 is 12.1. The number of aromatic nitrogens is 1. The van der Waals surface area contributed by atoms with E-state index in [1.807, 2.05) is 30.3 Å². The van der Waals surface area contributed by atoms with Crippen LogP contribution in [-0.4, -0.2) is 4.98 Å². The summed E-state index contributed by atoms with van der Waals surface area (Å²) in [6.07, 6.45) is 0. The molecule has 0 saturated heterocycles. The van der Waals surface area contributed by atoms with Gasteiger partial charge in [-0.1, -0.05) is 54.6 Å². The van der Waals surface area contributed by atoms with E-state index in [1.54, 1.807) is 0 Å². The summed E-state index contributed by atoms with van der Waals surface area (Å²) in [7, 11) is 0. The summed E-state index contributed by atoms with van der Waals surface area (Å²) in [5, 5.41) is 5.01. The predicted octanol–water partition coefficient (Wildman–Crippen LogP) is 8.04. The third-order valence-electron chi connectivity index (χ3n) is 6.05. The van der Waals surface area contributed by atoms with Gasteiger partial charge in [0.15, 0.2) is 23.0 Å². The van der Waals surface area contributed by atoms with E-state index in [4.69, 9.17) is 9.47 Å². The molecule has 146 valence electrons. The first-order valence-electron chi connectivity index (χ1n) is 10.4. The summed E-state index contributed by atoms with van der Waals surface area (Å²) in [5.41, 5.74) is 4.54. The Hall–Kier alpha value is -4.24. The van der Waals surface area contributed by atoms with Gasteiger partial charge in [-0.3, -0.25) is 0 Å². The maximum absolute atomic E-state index is 6.11. The molecule has 2 heterocycles. The monoisotopic (exact) mass is 399 g/mol. The number of fused-ring (bicyclic) bond motifs is 7. The van der Waals surface area contributed by atoms with Crippen molar-refractivity contribution in [2.45, 2.75) is 0 Å². The molecule has 0 bridgehead atoms. The van der Waals surface area contributed by atoms with Crippen molar-refractivity contribution < 1.29 is 9.47 Å². The molecule has 1 N–H and O–H groups in total. The number of aromatic amines is 1. The van der Waals surface area contributed by atoms with Crippen LogP contribution >= 0.6 is 0 Å². The van der Waals surface area contributed by atoms with Crippen LogP contribution in [0.4, 0.5) is 0 Å². The molecule has 0 fully saturated rings. The molecule has 0 atom stereocenters. The van der Waals surface area contributed by atoms with Gasteiger partial charge in [-0.05, 0) is 64.4 Å². The molecule has 1 aromatic heterocycles. The van der Waals surface area contributed by atoms with E-state index in [2.05, 4.69) is 71.7 Å². The average Bonchev–Trinajstić information content (AvgIpc) is 3.21. The van der Waals surface area contributed by atoms with E-state index >= 15 is 0 Å². The second-order valence-electron chi connectivity index (χ2n) is 7.91. The summed E-state index contributed by atoms with van der Waals surface area (Å²) in [6.45, 7) is 0. The van der Waals surface area contributed by atoms with E-state index < -0.39 is 0 Å². The van der Waals surface area contributed by atoms with Crippen molar-refractivity contribution in [2.75, 3.05) is 0 Å². The van der Waals surface area contributed by atoms with Crippen LogP contribution in [0.2, 0.25) is 0 Å². The third-order valence-corrected chi connectivity index (χ3v) is 6.05. The minimum Gasteiger partial charge on any atom is -0.450 e. The van der Waals surface area contributed by atoms with Crippen molar-refractivity contribution in [1.29, 1.82) is 0 Å². The molecule has 5 aromatic carbocycles. The molecule has 0 spiro atoms. The van der Waals surface area contributed by atoms with E-state index in [9.17, 15) is 0 Å². The molecular formula is C28H17NO2. The number of H-pyrrole nitrogens is 1. The van der Waals surface area contributed by atoms with Crippen molar-refractivity contribution >= 4 is 32.6 Å². The lowest BCUT2D eigenvalue weighted by Gasteiger charge is -2.21. The Morgan fingerprint density at radius 1 is 0.484 bits per heavy atom. The van der Waals surface area contributed by atoms with Gasteiger partial charge in [-0.2, -0.15) is 0 Å². The highest BCUT2D eigenvalue weighted by Crippen LogP contribution is 2.46. The predicted molar refractivity (Wildman–Crippen MR) is 125 cm³/mol. The van der Waals surface area contributed by atoms with Gasteiger partial charge >= 0.3 is 0 Å². The zero-order valence-electron chi connectivity index (χ0n) is 16.6. The fourth-order valence-corrected chi connectivity index (χ4v) is 4.56. The molecule has 3 heteroatoms. The summed E-state index contributed by atoms with van der Waals surface area (Å²) >= 11 is 0. The second kappa shape index (κ2) is 6.13. The molecule has 0 saturated carbocycles. The topological polar surface area (TPSA) is 34.2 Å². The van der Waals surface area contributed by atoms with Gasteiger partial charge in [-0.25, -0.2) is 0 Å². The molecule has 7 rings (SSSR count). The number of hydrogen-bond acceptors (Lipinski definition) is 2. The number of hydrogen-bond donors (Lipinski definition) is 1. The molecular weight excluding hydrogens is 382 g/mol. The first-order chi connectivity index (χ1) is 15.3. The Labute approximate surface area is 178 Å². The normalized spacial score (nSPS) is 12.4. The Kier molecular flexibility index (Phi) is 3.27. The van der Waals surface area contributed by atoms with Crippen LogP contribution in [0.3, 0.4) is 0 Å². The van der Waals surface area contributed by atoms with Crippen LogP contribution in [0.25, 0.3) is 43.7 Å². The molecule has 0 aliphatic carbocycles. The first kappa shape index (κ1) is 16.5. The molecule has 1 aliphatic heterocycles. The van der Waals surface area contributed by atoms with E-state index in [0.29, 0.717) is 0 Å². The van der Waals surface area contributed by atoms with Gasteiger partial charge < -0.3 is 14.5 Å². The number of ether oxygens (including phenoxy) is 2. The van der Waals surface area contributed by atoms with Gasteiger partial charge in [0.05, 0.1) is 0 Å². The Balaban J connectivity index is 1.40. The Morgan fingerprint density at radius 3 is 2.06 bits per heavy atom. The smallest absolute Gasteiger partial charge is 0.170 e. The molecule has 1 aliphatic rings. The lowest BCUT2D eigenvalue weighted by Crippen LogP contribution is -1.98. The van der Waals surface area contributed by atoms with Crippen LogP contribution in [0, 0.1) is 0 Å². The minimum absolute atomic E-state index is 0.737. The average molecular weight is 399 g/mol. The highest BCUT2D eigenvalue weighted by atomic mass is 16.6. The molecule has 6 aromatic rings. The third kappa shape index (κ3) is 2.47. The van der Waals surface area contributed by atoms with Crippen LogP contribution < -0.4 is 9.47 Å². The summed E-state index contributed by atoms with van der Waals surface area (Å²) in [5.74, 6) is 2.96. The summed E-state index contributed by atoms with van der Waals surface area (Å²) in [6, 6.07) is 33.3. The Morgan fingerprint density at radius 2 is 1.16 bits per heavy atom. The number of benzene rings is 5. The number of rotatable bonds is 1. The molecule has 3 nitrogen and oxygen atoms in total. The molecule has 31 heavy (non-hydrogen) atoms. The van der Waals surface area contributed by atoms with Gasteiger partial charge in [0.2, 0.25) is 0 Å². The van der Waals surface area contributed by atoms with Gasteiger partial charge in [0.25, 0.3) is 0 Å². The number of para-hydroxylation sites is 2. The fourth-order valence-electron chi connectivity index (χ4n) is 4.56. The lowest BCUT2D eigenvalue weighted by atomic mass is 10.00. The molecule has 0 radical (unpaired) electrons. The van der Waals surface area contributed by atoms with Crippen LogP contribution in [0.15, 0.2) is 97.1 Å². The highest BCUT2D eigenvalue weighted by Gasteiger charge is 2.19. The summed E-state index contributed by atoms with van der Waals surface area (Å²) in [4.78, 5) is 3.57. The van der Waals surface area contributed by atoms with Crippen molar-refractivity contribution in [3.05, 3.63) is 97.1 Å². The van der Waals surface area contributed by atoms with E-state index in [0.717, 1.165) is 45.2 Å². The number of nitrogens with one attached hydrogen (secondary N) is 1. The maximum Gasteiger partial charge on any atom is 0.170 e. The highest BCUT2D eigenvalue weighted by molar-refractivity contribution is 6.20. The van der Waals surface area contributed by atoms with Crippen molar-refractivity contribution in [2.24, 2.45) is 0 Å². The van der Waals surface area contributed by atoms with Gasteiger partial charge in [0, 0.05) is 21.8 Å². The minimum atomic E-state index is 0.737. The van der Waals surface area contributed by atoms with Crippen LogP contribution in [0.1, 0.15) is 0 Å². The molecule has 0 unspecified atom stereocenters. The largest absolute Gasteiger partial charge is 0.450 e. The first-order valence-corrected chi connectivity index (χ1v) is 10.4. The zero-order valence-corrected chi connectivity index (χ0v) is 16.6. The van der Waals surface area contributed by atoms with Crippen molar-refractivity contribution in [1.82, 2.24) is 4.98 Å². The van der Waals surface area contributed by atoms with Gasteiger partial charge in [0.1, 0.15) is 0 Å².